The lowest BCUT2D eigenvalue weighted by Crippen LogP contribution is -2.45. The van der Waals surface area contributed by atoms with Crippen LogP contribution >= 0.6 is 11.8 Å². The molecule has 118 valence electrons. The fraction of sp³-hybridized carbons (Fsp3) is 0.692. The fourth-order valence-electron chi connectivity index (χ4n) is 1.18. The van der Waals surface area contributed by atoms with E-state index in [0.717, 1.165) is 6.92 Å². The monoisotopic (exact) mass is 325 g/mol. The number of methoxy groups -OCH3 is 1. The van der Waals surface area contributed by atoms with Gasteiger partial charge in [0.15, 0.2) is 0 Å². The molecule has 1 N–H and O–H groups in total. The molecule has 2 atom stereocenters. The first kappa shape index (κ1) is 8.22. The first-order valence-electron chi connectivity index (χ1n) is 10.7. The summed E-state index contributed by atoms with van der Waals surface area (Å²) in [7, 11) is -2.95. The van der Waals surface area contributed by atoms with Gasteiger partial charge in [0.05, 0.1) is 10.2 Å². The van der Waals surface area contributed by atoms with Gasteiger partial charge in [0.2, 0.25) is 16.8 Å². The predicted molar refractivity (Wildman–Crippen MR) is 80.1 cm³/mol. The predicted octanol–water partition coefficient (Wildman–Crippen LogP) is 0.824. The van der Waals surface area contributed by atoms with Crippen LogP contribution in [0.5, 0.6) is 0 Å². The summed E-state index contributed by atoms with van der Waals surface area (Å²) in [6, 6.07) is -1.68. The largest absolute Gasteiger partial charge is 0.372 e. The van der Waals surface area contributed by atoms with Gasteiger partial charge in [0.1, 0.15) is 6.10 Å². The Bertz CT molecular complexity index is 717. The van der Waals surface area contributed by atoms with Crippen molar-refractivity contribution < 1.29 is 37.6 Å². The first-order chi connectivity index (χ1) is 13.7. The van der Waals surface area contributed by atoms with Crippen molar-refractivity contribution in [3.63, 3.8) is 0 Å². The number of carbonyl (C=O) groups is 3. The number of nitrogens with zero attached hydrogens (tertiary/aromatic N) is 2. The number of ether oxygens (including phenoxy) is 1. The number of carbonyl (C=O) groups excluding carboxylic acids is 3. The number of hydrogen-bond donors (Lipinski definition) is 1. The lowest BCUT2D eigenvalue weighted by atomic mass is 10.1. The molecular weight excluding hydrogens is 294 g/mol. The van der Waals surface area contributed by atoms with Crippen LogP contribution in [0.1, 0.15) is 47.2 Å². The zero-order chi connectivity index (χ0) is 24.8. The standard InChI is InChI=1S/C13H21N3O4S/c1-8(2)21-13(19)11(6-5-10(17)7-15-14)16-12(18)9(3)20-4/h7-9,11H,5-6H2,1-4H3,(H,16,18)/t9-,11-/m0/s1/i1D3,2D3,4D3,8D. The van der Waals surface area contributed by atoms with Crippen LogP contribution in [0.2, 0.25) is 0 Å². The summed E-state index contributed by atoms with van der Waals surface area (Å²) in [5, 5.41) is -2.47. The maximum atomic E-state index is 12.6. The zero-order valence-corrected chi connectivity index (χ0v) is 11.9. The average Bonchev–Trinajstić information content (AvgIpc) is 2.54. The molecule has 0 aliphatic heterocycles. The molecule has 0 aliphatic carbocycles. The van der Waals surface area contributed by atoms with Crippen molar-refractivity contribution in [1.29, 1.82) is 0 Å². The van der Waals surface area contributed by atoms with E-state index in [1.54, 1.807) is 0 Å². The molecule has 0 unspecified atom stereocenters. The molecule has 0 radical (unpaired) electrons. The lowest BCUT2D eigenvalue weighted by molar-refractivity contribution is -0.132. The van der Waals surface area contributed by atoms with E-state index >= 15 is 0 Å². The molecule has 0 heterocycles. The van der Waals surface area contributed by atoms with Crippen molar-refractivity contribution >= 4 is 34.8 Å². The average molecular weight is 325 g/mol. The van der Waals surface area contributed by atoms with Crippen LogP contribution in [0.25, 0.3) is 5.53 Å². The third kappa shape index (κ3) is 8.39. The zero-order valence-electron chi connectivity index (χ0n) is 21.1. The van der Waals surface area contributed by atoms with Crippen LogP contribution in [-0.2, 0) is 19.1 Å². The molecule has 7 nitrogen and oxygen atoms in total. The molecule has 0 aromatic carbocycles. The van der Waals surface area contributed by atoms with Crippen molar-refractivity contribution in [2.24, 2.45) is 0 Å². The van der Waals surface area contributed by atoms with E-state index < -0.39 is 67.8 Å². The Labute approximate surface area is 142 Å². The third-order valence-corrected chi connectivity index (χ3v) is 2.92. The van der Waals surface area contributed by atoms with Gasteiger partial charge in [0.25, 0.3) is 0 Å². The molecule has 0 spiro atoms. The van der Waals surface area contributed by atoms with Gasteiger partial charge in [-0.15, -0.1) is 0 Å². The maximum Gasteiger partial charge on any atom is 0.323 e. The minimum Gasteiger partial charge on any atom is -0.372 e. The van der Waals surface area contributed by atoms with Gasteiger partial charge in [-0.05, 0) is 13.3 Å². The molecule has 0 aliphatic rings. The number of nitrogens with one attached hydrogen (secondary N) is 1. The number of ketones is 1. The second kappa shape index (κ2) is 10.3. The van der Waals surface area contributed by atoms with Crippen LogP contribution in [0, 0.1) is 0 Å². The summed E-state index contributed by atoms with van der Waals surface area (Å²) in [5.74, 6) is -1.90. The lowest BCUT2D eigenvalue weighted by Gasteiger charge is -2.19. The van der Waals surface area contributed by atoms with Crippen LogP contribution in [0.3, 0.4) is 0 Å². The quantitative estimate of drug-likeness (QED) is 0.383. The summed E-state index contributed by atoms with van der Waals surface area (Å²) in [6.07, 6.45) is -2.05. The summed E-state index contributed by atoms with van der Waals surface area (Å²) in [6.45, 7) is -5.80. The van der Waals surface area contributed by atoms with Crippen LogP contribution in [-0.4, -0.2) is 52.2 Å². The summed E-state index contributed by atoms with van der Waals surface area (Å²) in [5.41, 5.74) is 8.36. The molecule has 21 heavy (non-hydrogen) atoms. The van der Waals surface area contributed by atoms with Gasteiger partial charge in [-0.1, -0.05) is 25.5 Å². The Hall–Kier alpha value is -1.50. The Morgan fingerprint density at radius 3 is 2.81 bits per heavy atom. The SMILES string of the molecule is [2H]C([2H])([2H])O[C@@H](C)C(=O)N[C@@H](CCC(=O)C=[N+]=[N-])C(=O)SC([2H])(C([2H])([2H])[2H])C([2H])([2H])[2H]. The molecule has 0 saturated carbocycles. The molecule has 0 aromatic heterocycles. The highest BCUT2D eigenvalue weighted by molar-refractivity contribution is 8.14. The minimum atomic E-state index is -3.43. The minimum absolute atomic E-state index is 0.357. The van der Waals surface area contributed by atoms with E-state index in [2.05, 4.69) is 14.8 Å². The van der Waals surface area contributed by atoms with Gasteiger partial charge in [-0.2, -0.15) is 4.79 Å². The number of thioether (sulfide) groups is 1. The molecule has 0 bridgehead atoms. The van der Waals surface area contributed by atoms with Crippen LogP contribution in [0.4, 0.5) is 0 Å². The fourth-order valence-corrected chi connectivity index (χ4v) is 1.70. The number of Topliss-reactive ketones (excluding diaryl/α,β-unsaturated/α-hetero) is 1. The summed E-state index contributed by atoms with van der Waals surface area (Å²) in [4.78, 5) is 38.9. The van der Waals surface area contributed by atoms with Crippen molar-refractivity contribution in [2.75, 3.05) is 7.04 Å². The smallest absolute Gasteiger partial charge is 0.323 e. The molecule has 8 heteroatoms. The van der Waals surface area contributed by atoms with Crippen molar-refractivity contribution in [1.82, 2.24) is 5.32 Å². The van der Waals surface area contributed by atoms with Crippen molar-refractivity contribution in [3.8, 4) is 0 Å². The Morgan fingerprint density at radius 1 is 1.52 bits per heavy atom. The Balaban J connectivity index is 5.76. The highest BCUT2D eigenvalue weighted by Gasteiger charge is 2.25. The second-order valence-electron chi connectivity index (χ2n) is 3.82. The van der Waals surface area contributed by atoms with Crippen molar-refractivity contribution in [3.05, 3.63) is 5.53 Å². The third-order valence-electron chi connectivity index (χ3n) is 2.23. The second-order valence-corrected chi connectivity index (χ2v) is 4.84. The van der Waals surface area contributed by atoms with Gasteiger partial charge in [-0.3, -0.25) is 14.4 Å². The van der Waals surface area contributed by atoms with Crippen LogP contribution in [0.15, 0.2) is 0 Å². The Morgan fingerprint density at radius 2 is 2.24 bits per heavy atom. The van der Waals surface area contributed by atoms with Gasteiger partial charge < -0.3 is 15.6 Å². The van der Waals surface area contributed by atoms with E-state index in [1.165, 1.54) is 0 Å². The molecule has 0 aromatic rings. The molecule has 0 fully saturated rings. The number of hydrogen-bond acceptors (Lipinski definition) is 5. The highest BCUT2D eigenvalue weighted by atomic mass is 32.2. The molecular formula is C13H21N3O4S. The van der Waals surface area contributed by atoms with Gasteiger partial charge in [0, 0.05) is 28.3 Å². The van der Waals surface area contributed by atoms with Crippen LogP contribution < -0.4 is 5.32 Å². The highest BCUT2D eigenvalue weighted by Crippen LogP contribution is 2.16. The normalized spacial score (nSPS) is 22.5. The van der Waals surface area contributed by atoms with E-state index in [0.29, 0.717) is 6.21 Å². The number of rotatable bonds is 9. The van der Waals surface area contributed by atoms with Crippen molar-refractivity contribution in [2.45, 2.75) is 50.8 Å². The maximum absolute atomic E-state index is 12.6. The Kier molecular flexibility index (Phi) is 4.01. The van der Waals surface area contributed by atoms with E-state index in [1.807, 2.05) is 0 Å². The summed E-state index contributed by atoms with van der Waals surface area (Å²) < 4.78 is 77.5. The molecule has 1 amide bonds. The first-order valence-corrected chi connectivity index (χ1v) is 6.48. The number of amides is 1. The van der Waals surface area contributed by atoms with E-state index in [-0.39, 0.29) is 11.8 Å². The van der Waals surface area contributed by atoms with E-state index in [9.17, 15) is 14.4 Å². The molecule has 0 saturated heterocycles. The topological polar surface area (TPSA) is 109 Å². The summed E-state index contributed by atoms with van der Waals surface area (Å²) >= 11 is -0.357. The molecule has 0 rings (SSSR count). The van der Waals surface area contributed by atoms with E-state index in [4.69, 9.17) is 19.2 Å². The van der Waals surface area contributed by atoms with Gasteiger partial charge >= 0.3 is 6.21 Å². The van der Waals surface area contributed by atoms with Gasteiger partial charge in [-0.25, -0.2) is 0 Å².